The molecule has 3 rings (SSSR count). The maximum Gasteiger partial charge on any atom is 0.228 e. The van der Waals surface area contributed by atoms with Gasteiger partial charge >= 0.3 is 0 Å². The van der Waals surface area contributed by atoms with Gasteiger partial charge in [-0.1, -0.05) is 46.9 Å². The molecule has 2 aromatic carbocycles. The van der Waals surface area contributed by atoms with Crippen LogP contribution >= 0.6 is 34.8 Å². The zero-order valence-electron chi connectivity index (χ0n) is 15.8. The molecule has 1 aliphatic rings. The molecule has 1 aliphatic heterocycles. The lowest BCUT2D eigenvalue weighted by Gasteiger charge is -2.31. The van der Waals surface area contributed by atoms with E-state index in [4.69, 9.17) is 34.8 Å². The van der Waals surface area contributed by atoms with E-state index in [0.29, 0.717) is 45.7 Å². The number of nitrogens with one attached hydrogen (secondary N) is 1. The molecule has 0 aliphatic carbocycles. The molecule has 156 valence electrons. The van der Waals surface area contributed by atoms with Crippen molar-refractivity contribution in [3.63, 3.8) is 0 Å². The van der Waals surface area contributed by atoms with E-state index in [1.54, 1.807) is 30.3 Å². The summed E-state index contributed by atoms with van der Waals surface area (Å²) in [7, 11) is -3.59. The molecule has 1 heterocycles. The average molecular weight is 476 g/mol. The van der Waals surface area contributed by atoms with Gasteiger partial charge in [-0.2, -0.15) is 0 Å². The van der Waals surface area contributed by atoms with Gasteiger partial charge in [0.15, 0.2) is 0 Å². The quantitative estimate of drug-likeness (QED) is 0.651. The Balaban J connectivity index is 1.67. The number of amides is 1. The molecule has 1 saturated heterocycles. The van der Waals surface area contributed by atoms with Crippen LogP contribution in [0.3, 0.4) is 0 Å². The maximum absolute atomic E-state index is 12.9. The summed E-state index contributed by atoms with van der Waals surface area (Å²) < 4.78 is 27.1. The molecule has 29 heavy (non-hydrogen) atoms. The number of aryl methyl sites for hydroxylation is 1. The van der Waals surface area contributed by atoms with Crippen molar-refractivity contribution in [2.24, 2.45) is 5.92 Å². The number of benzene rings is 2. The number of hydrogen-bond acceptors (Lipinski definition) is 3. The van der Waals surface area contributed by atoms with Gasteiger partial charge in [0.2, 0.25) is 15.9 Å². The van der Waals surface area contributed by atoms with Gasteiger partial charge in [-0.3, -0.25) is 4.79 Å². The molecule has 9 heteroatoms. The van der Waals surface area contributed by atoms with Crippen LogP contribution in [-0.2, 0) is 20.6 Å². The predicted octanol–water partition coefficient (Wildman–Crippen LogP) is 5.14. The largest absolute Gasteiger partial charge is 0.326 e. The molecule has 0 bridgehead atoms. The van der Waals surface area contributed by atoms with Gasteiger partial charge in [0.1, 0.15) is 0 Å². The summed E-state index contributed by atoms with van der Waals surface area (Å²) in [5, 5.41) is 4.09. The number of nitrogens with zero attached hydrogens (tertiary/aromatic N) is 1. The van der Waals surface area contributed by atoms with E-state index in [-0.39, 0.29) is 18.2 Å². The molecule has 1 amide bonds. The minimum Gasteiger partial charge on any atom is -0.326 e. The molecule has 2 aromatic rings. The Bertz CT molecular complexity index is 1030. The highest BCUT2D eigenvalue weighted by Crippen LogP contribution is 2.27. The topological polar surface area (TPSA) is 66.5 Å². The summed E-state index contributed by atoms with van der Waals surface area (Å²) >= 11 is 18.0. The molecule has 1 atom stereocenters. The Labute approximate surface area is 186 Å². The van der Waals surface area contributed by atoms with Crippen molar-refractivity contribution in [2.75, 3.05) is 18.4 Å². The third-order valence-corrected chi connectivity index (χ3v) is 7.88. The molecular formula is C20H21Cl3N2O3S. The molecule has 1 unspecified atom stereocenters. The van der Waals surface area contributed by atoms with Gasteiger partial charge < -0.3 is 5.32 Å². The summed E-state index contributed by atoms with van der Waals surface area (Å²) in [6.07, 6.45) is 1.25. The van der Waals surface area contributed by atoms with E-state index in [2.05, 4.69) is 5.32 Å². The lowest BCUT2D eigenvalue weighted by Crippen LogP contribution is -2.44. The second-order valence-corrected chi connectivity index (χ2v) is 10.3. The number of halogens is 3. The van der Waals surface area contributed by atoms with Crippen LogP contribution in [0.25, 0.3) is 0 Å². The minimum atomic E-state index is -3.59. The first kappa shape index (κ1) is 22.4. The Morgan fingerprint density at radius 2 is 1.86 bits per heavy atom. The van der Waals surface area contributed by atoms with Gasteiger partial charge in [-0.05, 0) is 55.2 Å². The summed E-state index contributed by atoms with van der Waals surface area (Å²) in [5.74, 6) is -0.821. The van der Waals surface area contributed by atoms with Gasteiger partial charge in [0.25, 0.3) is 0 Å². The van der Waals surface area contributed by atoms with Gasteiger partial charge in [0, 0.05) is 23.8 Å². The van der Waals surface area contributed by atoms with Gasteiger partial charge in [-0.15, -0.1) is 0 Å². The number of sulfonamides is 1. The van der Waals surface area contributed by atoms with Gasteiger partial charge in [0.05, 0.1) is 21.7 Å². The molecular weight excluding hydrogens is 455 g/mol. The minimum absolute atomic E-state index is 0.148. The number of anilines is 1. The van der Waals surface area contributed by atoms with E-state index in [1.165, 1.54) is 4.31 Å². The smallest absolute Gasteiger partial charge is 0.228 e. The number of rotatable bonds is 5. The number of hydrogen-bond donors (Lipinski definition) is 1. The third kappa shape index (κ3) is 5.64. The van der Waals surface area contributed by atoms with Crippen LogP contribution in [0.4, 0.5) is 5.69 Å². The summed E-state index contributed by atoms with van der Waals surface area (Å²) in [6.45, 7) is 2.42. The SMILES string of the molecule is Cc1ccc(NC(=O)C2CCCN(S(=O)(=O)Cc3ccc(Cl)c(Cl)c3)C2)cc1Cl. The number of carbonyl (C=O) groups excluding carboxylic acids is 1. The molecule has 0 saturated carbocycles. The monoisotopic (exact) mass is 474 g/mol. The average Bonchev–Trinajstić information content (AvgIpc) is 2.67. The molecule has 1 fully saturated rings. The normalized spacial score (nSPS) is 17.9. The maximum atomic E-state index is 12.9. The van der Waals surface area contributed by atoms with Crippen molar-refractivity contribution in [3.05, 3.63) is 62.6 Å². The van der Waals surface area contributed by atoms with Crippen LogP contribution in [0.1, 0.15) is 24.0 Å². The fourth-order valence-electron chi connectivity index (χ4n) is 3.26. The van der Waals surface area contributed by atoms with Crippen molar-refractivity contribution < 1.29 is 13.2 Å². The van der Waals surface area contributed by atoms with E-state index in [1.807, 2.05) is 13.0 Å². The first-order valence-electron chi connectivity index (χ1n) is 9.14. The molecule has 1 N–H and O–H groups in total. The highest BCUT2D eigenvalue weighted by atomic mass is 35.5. The summed E-state index contributed by atoms with van der Waals surface area (Å²) in [6, 6.07) is 10.1. The summed E-state index contributed by atoms with van der Waals surface area (Å²) in [5.41, 5.74) is 2.07. The lowest BCUT2D eigenvalue weighted by atomic mass is 9.98. The lowest BCUT2D eigenvalue weighted by molar-refractivity contribution is -0.120. The fraction of sp³-hybridized carbons (Fsp3) is 0.350. The van der Waals surface area contributed by atoms with E-state index in [0.717, 1.165) is 5.56 Å². The van der Waals surface area contributed by atoms with Crippen molar-refractivity contribution in [1.82, 2.24) is 4.31 Å². The van der Waals surface area contributed by atoms with Crippen LogP contribution < -0.4 is 5.32 Å². The van der Waals surface area contributed by atoms with E-state index in [9.17, 15) is 13.2 Å². The highest BCUT2D eigenvalue weighted by molar-refractivity contribution is 7.88. The summed E-state index contributed by atoms with van der Waals surface area (Å²) in [4.78, 5) is 12.7. The second-order valence-electron chi connectivity index (χ2n) is 7.16. The Morgan fingerprint density at radius 3 is 2.55 bits per heavy atom. The second kappa shape index (κ2) is 9.23. The molecule has 0 spiro atoms. The van der Waals surface area contributed by atoms with Crippen LogP contribution in [0.15, 0.2) is 36.4 Å². The van der Waals surface area contributed by atoms with Crippen molar-refractivity contribution in [3.8, 4) is 0 Å². The fourth-order valence-corrected chi connectivity index (χ4v) is 5.35. The van der Waals surface area contributed by atoms with Crippen molar-refractivity contribution in [2.45, 2.75) is 25.5 Å². The van der Waals surface area contributed by atoms with E-state index >= 15 is 0 Å². The number of carbonyl (C=O) groups is 1. The van der Waals surface area contributed by atoms with Crippen LogP contribution in [0, 0.1) is 12.8 Å². The van der Waals surface area contributed by atoms with E-state index < -0.39 is 15.9 Å². The predicted molar refractivity (Wildman–Crippen MR) is 118 cm³/mol. The Kier molecular flexibility index (Phi) is 7.12. The van der Waals surface area contributed by atoms with Crippen molar-refractivity contribution >= 4 is 56.4 Å². The highest BCUT2D eigenvalue weighted by Gasteiger charge is 2.32. The molecule has 0 radical (unpaired) electrons. The zero-order valence-corrected chi connectivity index (χ0v) is 18.9. The molecule has 5 nitrogen and oxygen atoms in total. The Hall–Kier alpha value is -1.31. The molecule has 0 aromatic heterocycles. The third-order valence-electron chi connectivity index (χ3n) is 4.92. The zero-order chi connectivity index (χ0) is 21.2. The van der Waals surface area contributed by atoms with Gasteiger partial charge in [-0.25, -0.2) is 12.7 Å². The first-order valence-corrected chi connectivity index (χ1v) is 11.9. The Morgan fingerprint density at radius 1 is 1.10 bits per heavy atom. The van der Waals surface area contributed by atoms with Crippen molar-refractivity contribution in [1.29, 1.82) is 0 Å². The van der Waals surface area contributed by atoms with Crippen LogP contribution in [0.2, 0.25) is 15.1 Å². The van der Waals surface area contributed by atoms with Crippen LogP contribution in [0.5, 0.6) is 0 Å². The standard InChI is InChI=1S/C20H21Cl3N2O3S/c1-13-4-6-16(10-18(13)22)24-20(26)15-3-2-8-25(11-15)29(27,28)12-14-5-7-17(21)19(23)9-14/h4-7,9-10,15H,2-3,8,11-12H2,1H3,(H,24,26). The number of piperidine rings is 1. The first-order chi connectivity index (χ1) is 13.7. The van der Waals surface area contributed by atoms with Crippen LogP contribution in [-0.4, -0.2) is 31.7 Å².